The van der Waals surface area contributed by atoms with E-state index < -0.39 is 82.4 Å². The van der Waals surface area contributed by atoms with Crippen molar-refractivity contribution in [3.05, 3.63) is 79.5 Å². The van der Waals surface area contributed by atoms with Gasteiger partial charge in [-0.2, -0.15) is 0 Å². The van der Waals surface area contributed by atoms with E-state index in [1.54, 1.807) is 26.0 Å². The number of phenols is 1. The Bertz CT molecular complexity index is 2860. The van der Waals surface area contributed by atoms with Crippen molar-refractivity contribution < 1.29 is 57.7 Å². The number of rotatable bonds is 4. The van der Waals surface area contributed by atoms with Gasteiger partial charge in [0.05, 0.1) is 35.2 Å². The highest BCUT2D eigenvalue weighted by molar-refractivity contribution is 6.16. The van der Waals surface area contributed by atoms with Gasteiger partial charge in [-0.3, -0.25) is 19.2 Å². The fourth-order valence-corrected chi connectivity index (χ4v) is 9.41. The van der Waals surface area contributed by atoms with Crippen molar-refractivity contribution in [2.45, 2.75) is 104 Å². The summed E-state index contributed by atoms with van der Waals surface area (Å²) >= 11 is 0. The van der Waals surface area contributed by atoms with E-state index in [4.69, 9.17) is 37.8 Å². The number of aromatic hydroxyl groups is 1. The lowest BCUT2D eigenvalue weighted by molar-refractivity contribution is -0.168. The Hall–Kier alpha value is -6.01. The molecule has 0 saturated carbocycles. The molecule has 1 aromatic heterocycles. The molecule has 2 fully saturated rings. The van der Waals surface area contributed by atoms with Gasteiger partial charge in [-0.05, 0) is 39.8 Å². The molecule has 17 nitrogen and oxygen atoms in total. The zero-order chi connectivity index (χ0) is 46.8. The second kappa shape index (κ2) is 17.4. The van der Waals surface area contributed by atoms with Crippen molar-refractivity contribution in [1.82, 2.24) is 9.88 Å². The van der Waals surface area contributed by atoms with Crippen LogP contribution in [-0.4, -0.2) is 107 Å². The number of aliphatic hydroxyl groups excluding tert-OH is 2. The van der Waals surface area contributed by atoms with Crippen molar-refractivity contribution in [2.24, 2.45) is 17.8 Å². The van der Waals surface area contributed by atoms with Crippen LogP contribution < -0.4 is 30.9 Å². The standard InChI is InChI=1S/C48H55N3O14/c1-21-11-10-12-22(2)47(58)50-37-40(56)33-32(36-44(37)63-31-20-28(19-29(53)35(31)49-36)62-27-13-16-51(8)17-14-27)34-42(24(4)38(33)54)65-48(7,46(34)57)60-18-15-30(59-9)23(3)43(61-26(6)52)45-39(55)25(5)41(21)64-45/h10-12,15,18-21,23,25,27,30,39,41,43,45,54-55,57H,13-14,16-17H2,1-9H3,(H,50,58)/b11-10+,18-15+,22-12-/t21-,23+,25-,30-,39+,41-,43+,45+,48-/m0/s1. The molecule has 5 aliphatic rings. The highest BCUT2D eigenvalue weighted by Crippen LogP contribution is 2.43. The van der Waals surface area contributed by atoms with E-state index in [1.807, 2.05) is 27.0 Å². The Kier molecular flexibility index (Phi) is 12.2. The summed E-state index contributed by atoms with van der Waals surface area (Å²) in [6.07, 6.45) is 4.85. The van der Waals surface area contributed by atoms with Crippen LogP contribution in [0.15, 0.2) is 62.3 Å². The van der Waals surface area contributed by atoms with Crippen LogP contribution in [0.1, 0.15) is 59.9 Å². The Balaban J connectivity index is 1.35. The molecule has 9 atom stereocenters. The zero-order valence-electron chi connectivity index (χ0n) is 37.8. The number of hydrogen-bond donors (Lipinski definition) is 4. The molecule has 1 amide bonds. The number of aliphatic hydroxyl groups is 2. The molecular formula is C48H55N3O14. The molecule has 65 heavy (non-hydrogen) atoms. The van der Waals surface area contributed by atoms with E-state index in [2.05, 4.69) is 10.2 Å². The first kappa shape index (κ1) is 45.6. The molecule has 0 radical (unpaired) electrons. The quantitative estimate of drug-likeness (QED) is 0.123. The van der Waals surface area contributed by atoms with Crippen LogP contribution in [0.25, 0.3) is 38.7 Å². The van der Waals surface area contributed by atoms with Crippen LogP contribution in [0.4, 0.5) is 5.69 Å². The molecule has 0 unspecified atom stereocenters. The highest BCUT2D eigenvalue weighted by atomic mass is 16.7. The number of likely N-dealkylation sites (tertiary alicyclic amines) is 1. The van der Waals surface area contributed by atoms with Gasteiger partial charge in [0.2, 0.25) is 10.9 Å². The monoisotopic (exact) mass is 897 g/mol. The first-order valence-electron chi connectivity index (χ1n) is 21.8. The van der Waals surface area contributed by atoms with Gasteiger partial charge in [-0.1, -0.05) is 39.0 Å². The summed E-state index contributed by atoms with van der Waals surface area (Å²) in [5, 5.41) is 37.6. The molecule has 0 aliphatic carbocycles. The van der Waals surface area contributed by atoms with Crippen molar-refractivity contribution in [3.8, 4) is 17.2 Å². The highest BCUT2D eigenvalue weighted by Gasteiger charge is 2.50. The third-order valence-corrected chi connectivity index (χ3v) is 13.3. The van der Waals surface area contributed by atoms with E-state index in [0.29, 0.717) is 0 Å². The molecular weight excluding hydrogens is 843 g/mol. The van der Waals surface area contributed by atoms with Gasteiger partial charge in [-0.15, -0.1) is 0 Å². The number of carbonyl (C=O) groups is 2. The van der Waals surface area contributed by atoms with E-state index >= 15 is 0 Å². The first-order valence-corrected chi connectivity index (χ1v) is 21.8. The minimum Gasteiger partial charge on any atom is -0.507 e. The number of aromatic nitrogens is 1. The van der Waals surface area contributed by atoms with Gasteiger partial charge in [0.25, 0.3) is 5.91 Å². The number of phenolic OH excluding ortho intramolecular Hbond substituents is 1. The topological polar surface area (TPSA) is 226 Å². The largest absolute Gasteiger partial charge is 0.507 e. The second-order valence-electron chi connectivity index (χ2n) is 17.9. The molecule has 6 heterocycles. The second-order valence-corrected chi connectivity index (χ2v) is 17.9. The van der Waals surface area contributed by atoms with Crippen LogP contribution in [0.3, 0.4) is 0 Å². The predicted molar refractivity (Wildman–Crippen MR) is 240 cm³/mol. The number of esters is 1. The van der Waals surface area contributed by atoms with Gasteiger partial charge in [-0.25, -0.2) is 4.98 Å². The third kappa shape index (κ3) is 8.08. The molecule has 5 aliphatic heterocycles. The van der Waals surface area contributed by atoms with Crippen LogP contribution in [0, 0.1) is 24.7 Å². The molecule has 346 valence electrons. The van der Waals surface area contributed by atoms with Crippen LogP contribution >= 0.6 is 0 Å². The van der Waals surface area contributed by atoms with E-state index in [-0.39, 0.29) is 78.5 Å². The number of ether oxygens (including phenoxy) is 6. The number of hydrogen-bond acceptors (Lipinski definition) is 16. The van der Waals surface area contributed by atoms with Gasteiger partial charge >= 0.3 is 11.8 Å². The van der Waals surface area contributed by atoms with Crippen LogP contribution in [0.5, 0.6) is 17.2 Å². The maximum absolute atomic E-state index is 14.8. The molecule has 0 spiro atoms. The summed E-state index contributed by atoms with van der Waals surface area (Å²) in [6, 6.07) is 2.82. The molecule has 9 rings (SSSR count). The number of anilines is 1. The van der Waals surface area contributed by atoms with Crippen LogP contribution in [0.2, 0.25) is 0 Å². The van der Waals surface area contributed by atoms with Crippen molar-refractivity contribution in [3.63, 3.8) is 0 Å². The lowest BCUT2D eigenvalue weighted by Gasteiger charge is -2.33. The van der Waals surface area contributed by atoms with Crippen molar-refractivity contribution in [2.75, 3.05) is 32.6 Å². The Morgan fingerprint density at radius 2 is 1.72 bits per heavy atom. The number of allylic oxidation sites excluding steroid dienone is 2. The van der Waals surface area contributed by atoms with Gasteiger partial charge in [0, 0.05) is 80.5 Å². The first-order chi connectivity index (χ1) is 30.8. The number of piperidine rings is 1. The SMILES string of the molecule is CO[C@H]1/C=C/O[C@@]2(C)Oc3c(C)c(O)c4c(=O)c(c5oc6cc(OC7CCN(C)CC7)cc(=O)c6nc5c4c3=C2O)NC(=O)/C(C)=C\C=C\[C@H](C)[C@@H]2O[C@H]([C@H](O)[C@@H]2C)[C@H](OC(C)=O)[C@@H]1C. The lowest BCUT2D eigenvalue weighted by Crippen LogP contribution is -2.46. The number of methoxy groups -OCH3 is 1. The fraction of sp³-hybridized carbons (Fsp3) is 0.479. The summed E-state index contributed by atoms with van der Waals surface area (Å²) in [4.78, 5) is 62.1. The van der Waals surface area contributed by atoms with Crippen molar-refractivity contribution in [1.29, 1.82) is 0 Å². The molecule has 2 saturated heterocycles. The number of nitrogens with one attached hydrogen (secondary N) is 1. The number of carbonyl (C=O) groups excluding carboxylic acids is 2. The van der Waals surface area contributed by atoms with Gasteiger partial charge in [0.1, 0.15) is 46.8 Å². The van der Waals surface area contributed by atoms with E-state index in [1.165, 1.54) is 52.4 Å². The fourth-order valence-electron chi connectivity index (χ4n) is 9.41. The zero-order valence-corrected chi connectivity index (χ0v) is 37.8. The minimum absolute atomic E-state index is 0.0342. The number of amides is 1. The van der Waals surface area contributed by atoms with E-state index in [0.717, 1.165) is 25.9 Å². The molecule has 7 bridgehead atoms. The summed E-state index contributed by atoms with van der Waals surface area (Å²) < 4.78 is 43.1. The molecule has 3 aromatic carbocycles. The Labute approximate surface area is 373 Å². The summed E-state index contributed by atoms with van der Waals surface area (Å²) in [5.74, 6) is -5.45. The van der Waals surface area contributed by atoms with Crippen molar-refractivity contribution >= 4 is 56.3 Å². The number of benzene rings is 3. The molecule has 17 heteroatoms. The molecule has 4 N–H and O–H groups in total. The van der Waals surface area contributed by atoms with Gasteiger partial charge in [0.15, 0.2) is 22.4 Å². The number of fused-ring (bicyclic) bond motifs is 9. The Morgan fingerprint density at radius 3 is 2.42 bits per heavy atom. The maximum Gasteiger partial charge on any atom is 0.307 e. The predicted octanol–water partition coefficient (Wildman–Crippen LogP) is 4.80. The smallest absolute Gasteiger partial charge is 0.307 e. The molecule has 4 aromatic rings. The summed E-state index contributed by atoms with van der Waals surface area (Å²) in [5.41, 5.74) is -2.14. The minimum atomic E-state index is -1.98. The lowest BCUT2D eigenvalue weighted by atomic mass is 9.86. The Morgan fingerprint density at radius 1 is 1.00 bits per heavy atom. The maximum atomic E-state index is 14.8. The average molecular weight is 898 g/mol. The third-order valence-electron chi connectivity index (χ3n) is 13.3. The van der Waals surface area contributed by atoms with E-state index in [9.17, 15) is 34.5 Å². The van der Waals surface area contributed by atoms with Crippen LogP contribution in [-0.2, 0) is 28.5 Å². The number of nitrogens with zero attached hydrogens (tertiary/aromatic N) is 2. The summed E-state index contributed by atoms with van der Waals surface area (Å²) in [7, 11) is 3.48. The summed E-state index contributed by atoms with van der Waals surface area (Å²) in [6.45, 7) is 12.9. The average Bonchev–Trinajstić information content (AvgIpc) is 3.71. The van der Waals surface area contributed by atoms with Gasteiger partial charge < -0.3 is 58.4 Å². The normalized spacial score (nSPS) is 30.9.